The van der Waals surface area contributed by atoms with Gasteiger partial charge in [-0.3, -0.25) is 9.79 Å². The molecular formula is C13H21NOS. The Bertz CT molecular complexity index is 313. The van der Waals surface area contributed by atoms with E-state index in [1.165, 1.54) is 25.7 Å². The number of carbonyl (C=O) groups is 1. The molecule has 0 N–H and O–H groups in total. The molecule has 2 aliphatic carbocycles. The van der Waals surface area contributed by atoms with Crippen LogP contribution in [0.1, 0.15) is 46.5 Å². The van der Waals surface area contributed by atoms with E-state index in [2.05, 4.69) is 6.92 Å². The van der Waals surface area contributed by atoms with E-state index in [-0.39, 0.29) is 11.0 Å². The molecule has 2 nitrogen and oxygen atoms in total. The smallest absolute Gasteiger partial charge is 0.142 e. The number of aliphatic imine (C=N–C) groups is 1. The van der Waals surface area contributed by atoms with E-state index < -0.39 is 0 Å². The van der Waals surface area contributed by atoms with Crippen molar-refractivity contribution in [2.24, 2.45) is 16.8 Å². The fourth-order valence-electron chi connectivity index (χ4n) is 2.97. The van der Waals surface area contributed by atoms with Crippen LogP contribution < -0.4 is 0 Å². The molecule has 2 fully saturated rings. The third kappa shape index (κ3) is 2.68. The summed E-state index contributed by atoms with van der Waals surface area (Å²) >= 11 is 1.62. The van der Waals surface area contributed by atoms with E-state index >= 15 is 0 Å². The molecule has 2 bridgehead atoms. The molecule has 0 aromatic rings. The van der Waals surface area contributed by atoms with Crippen LogP contribution in [0, 0.1) is 11.8 Å². The minimum Gasteiger partial charge on any atom is -0.299 e. The van der Waals surface area contributed by atoms with Crippen molar-refractivity contribution in [1.82, 2.24) is 0 Å². The predicted octanol–water partition coefficient (Wildman–Crippen LogP) is 3.30. The molecule has 4 unspecified atom stereocenters. The lowest BCUT2D eigenvalue weighted by Gasteiger charge is -2.18. The van der Waals surface area contributed by atoms with Crippen molar-refractivity contribution >= 4 is 22.6 Å². The highest BCUT2D eigenvalue weighted by molar-refractivity contribution is 8.14. The largest absolute Gasteiger partial charge is 0.299 e. The van der Waals surface area contributed by atoms with Gasteiger partial charge in [0.05, 0.1) is 16.3 Å². The van der Waals surface area contributed by atoms with Crippen molar-refractivity contribution in [3.63, 3.8) is 0 Å². The molecule has 2 aliphatic rings. The number of Topliss-reactive ketones (excluding diaryl/α,β-unsaturated/α-hetero) is 1. The fourth-order valence-corrected chi connectivity index (χ4v) is 3.85. The molecule has 0 heterocycles. The average Bonchev–Trinajstić information content (AvgIpc) is 2.78. The minimum absolute atomic E-state index is 0.0577. The quantitative estimate of drug-likeness (QED) is 0.558. The highest BCUT2D eigenvalue weighted by Gasteiger charge is 2.39. The van der Waals surface area contributed by atoms with Gasteiger partial charge in [0.15, 0.2) is 0 Å². The molecule has 90 valence electrons. The van der Waals surface area contributed by atoms with Gasteiger partial charge in [0.25, 0.3) is 0 Å². The van der Waals surface area contributed by atoms with E-state index in [1.54, 1.807) is 18.7 Å². The van der Waals surface area contributed by atoms with Gasteiger partial charge in [-0.15, -0.1) is 11.8 Å². The number of hydrogen-bond donors (Lipinski definition) is 0. The van der Waals surface area contributed by atoms with Crippen LogP contribution in [0.25, 0.3) is 0 Å². The summed E-state index contributed by atoms with van der Waals surface area (Å²) in [5, 5.41) is 1.16. The van der Waals surface area contributed by atoms with Crippen LogP contribution in [0.2, 0.25) is 0 Å². The molecule has 16 heavy (non-hydrogen) atoms. The number of carbonyl (C=O) groups excluding carboxylic acids is 1. The Kier molecular flexibility index (Phi) is 3.73. The van der Waals surface area contributed by atoms with Crippen LogP contribution in [-0.2, 0) is 4.79 Å². The standard InChI is InChI=1S/C13H21NOS/c1-8(15)9(2)16-10(3)14-13-7-11-4-5-12(13)6-11/h9,11-13H,4-7H2,1-3H3. The molecule has 0 spiro atoms. The first-order valence-corrected chi connectivity index (χ1v) is 7.15. The fraction of sp³-hybridized carbons (Fsp3) is 0.846. The number of rotatable bonds is 3. The van der Waals surface area contributed by atoms with Crippen molar-refractivity contribution in [2.75, 3.05) is 0 Å². The minimum atomic E-state index is 0.0577. The van der Waals surface area contributed by atoms with E-state index in [4.69, 9.17) is 4.99 Å². The Morgan fingerprint density at radius 3 is 2.56 bits per heavy atom. The summed E-state index contributed by atoms with van der Waals surface area (Å²) in [6.07, 6.45) is 5.48. The number of ketones is 1. The van der Waals surface area contributed by atoms with Gasteiger partial charge in [0.2, 0.25) is 0 Å². The van der Waals surface area contributed by atoms with E-state index in [9.17, 15) is 4.79 Å². The van der Waals surface area contributed by atoms with Gasteiger partial charge in [-0.25, -0.2) is 0 Å². The molecule has 0 radical (unpaired) electrons. The Morgan fingerprint density at radius 1 is 1.31 bits per heavy atom. The summed E-state index contributed by atoms with van der Waals surface area (Å²) in [6.45, 7) is 5.67. The second-order valence-corrected chi connectivity index (χ2v) is 6.79. The van der Waals surface area contributed by atoms with Crippen LogP contribution >= 0.6 is 11.8 Å². The zero-order valence-electron chi connectivity index (χ0n) is 10.4. The van der Waals surface area contributed by atoms with Crippen LogP contribution in [0.5, 0.6) is 0 Å². The highest BCUT2D eigenvalue weighted by atomic mass is 32.2. The molecule has 0 aliphatic heterocycles. The number of hydrogen-bond acceptors (Lipinski definition) is 3. The first-order chi connectivity index (χ1) is 7.56. The Morgan fingerprint density at radius 2 is 2.06 bits per heavy atom. The van der Waals surface area contributed by atoms with Gasteiger partial charge in [0, 0.05) is 0 Å². The SMILES string of the molecule is CC(=O)C(C)SC(C)=NC1CC2CCC1C2. The van der Waals surface area contributed by atoms with Crippen molar-refractivity contribution < 1.29 is 4.79 Å². The topological polar surface area (TPSA) is 29.4 Å². The second kappa shape index (κ2) is 4.91. The third-order valence-electron chi connectivity index (χ3n) is 3.97. The number of fused-ring (bicyclic) bond motifs is 2. The summed E-state index contributed by atoms with van der Waals surface area (Å²) in [5.41, 5.74) is 0. The van der Waals surface area contributed by atoms with Gasteiger partial charge in [-0.1, -0.05) is 6.42 Å². The van der Waals surface area contributed by atoms with E-state index in [1.807, 2.05) is 6.92 Å². The molecule has 0 aromatic heterocycles. The monoisotopic (exact) mass is 239 g/mol. The van der Waals surface area contributed by atoms with Crippen molar-refractivity contribution in [1.29, 1.82) is 0 Å². The second-order valence-electron chi connectivity index (χ2n) is 5.26. The highest BCUT2D eigenvalue weighted by Crippen LogP contribution is 2.46. The molecule has 2 rings (SSSR count). The summed E-state index contributed by atoms with van der Waals surface area (Å²) in [4.78, 5) is 16.0. The van der Waals surface area contributed by atoms with Crippen molar-refractivity contribution in [3.8, 4) is 0 Å². The first-order valence-electron chi connectivity index (χ1n) is 6.27. The normalized spacial score (nSPS) is 35.4. The zero-order valence-corrected chi connectivity index (χ0v) is 11.2. The Balaban J connectivity index is 1.89. The molecule has 3 heteroatoms. The molecule has 0 amide bonds. The van der Waals surface area contributed by atoms with Crippen LogP contribution in [0.4, 0.5) is 0 Å². The van der Waals surface area contributed by atoms with Gasteiger partial charge in [0.1, 0.15) is 5.78 Å². The Hall–Kier alpha value is -0.310. The lowest BCUT2D eigenvalue weighted by Crippen LogP contribution is -2.16. The molecular weight excluding hydrogens is 218 g/mol. The van der Waals surface area contributed by atoms with Gasteiger partial charge < -0.3 is 0 Å². The van der Waals surface area contributed by atoms with Gasteiger partial charge >= 0.3 is 0 Å². The maximum absolute atomic E-state index is 11.2. The van der Waals surface area contributed by atoms with Crippen molar-refractivity contribution in [3.05, 3.63) is 0 Å². The number of thioether (sulfide) groups is 1. The molecule has 4 atom stereocenters. The lowest BCUT2D eigenvalue weighted by molar-refractivity contribution is -0.116. The van der Waals surface area contributed by atoms with Crippen LogP contribution in [0.15, 0.2) is 4.99 Å². The third-order valence-corrected chi connectivity index (χ3v) is 5.10. The molecule has 2 saturated carbocycles. The molecule has 0 aromatic carbocycles. The predicted molar refractivity (Wildman–Crippen MR) is 70.1 cm³/mol. The Labute approximate surface area is 102 Å². The summed E-state index contributed by atoms with van der Waals surface area (Å²) in [5.74, 6) is 2.03. The molecule has 0 saturated heterocycles. The summed E-state index contributed by atoms with van der Waals surface area (Å²) < 4.78 is 0. The van der Waals surface area contributed by atoms with Crippen LogP contribution in [0.3, 0.4) is 0 Å². The van der Waals surface area contributed by atoms with Crippen LogP contribution in [-0.4, -0.2) is 22.1 Å². The van der Waals surface area contributed by atoms with Gasteiger partial charge in [-0.05, 0) is 51.9 Å². The summed E-state index contributed by atoms with van der Waals surface area (Å²) in [7, 11) is 0. The zero-order chi connectivity index (χ0) is 11.7. The van der Waals surface area contributed by atoms with Crippen molar-refractivity contribution in [2.45, 2.75) is 57.7 Å². The first kappa shape index (κ1) is 12.2. The van der Waals surface area contributed by atoms with Gasteiger partial charge in [-0.2, -0.15) is 0 Å². The van der Waals surface area contributed by atoms with E-state index in [0.29, 0.717) is 6.04 Å². The number of nitrogens with zero attached hydrogens (tertiary/aromatic N) is 1. The average molecular weight is 239 g/mol. The van der Waals surface area contributed by atoms with E-state index in [0.717, 1.165) is 16.9 Å². The summed E-state index contributed by atoms with van der Waals surface area (Å²) in [6, 6.07) is 0.561. The maximum atomic E-state index is 11.2. The lowest BCUT2D eigenvalue weighted by atomic mass is 9.96. The maximum Gasteiger partial charge on any atom is 0.142 e.